The highest BCUT2D eigenvalue weighted by Gasteiger charge is 2.55. The summed E-state index contributed by atoms with van der Waals surface area (Å²) in [7, 11) is 2.77. The van der Waals surface area contributed by atoms with E-state index < -0.39 is 23.2 Å². The molecule has 3 aliphatic rings. The van der Waals surface area contributed by atoms with Gasteiger partial charge in [-0.15, -0.1) is 0 Å². The van der Waals surface area contributed by atoms with Gasteiger partial charge in [0.25, 0.3) is 0 Å². The number of nitrogens with two attached hydrogens (primary N) is 1. The average Bonchev–Trinajstić information content (AvgIpc) is 3.44. The van der Waals surface area contributed by atoms with E-state index in [1.54, 1.807) is 18.1 Å². The molecular formula is C19H24FN3O5. The minimum atomic E-state index is -2.03. The summed E-state index contributed by atoms with van der Waals surface area (Å²) in [6.07, 6.45) is 1.57. The maximum atomic E-state index is 15.0. The van der Waals surface area contributed by atoms with Gasteiger partial charge < -0.3 is 30.1 Å². The highest BCUT2D eigenvalue weighted by atomic mass is 19.1. The second kappa shape index (κ2) is 6.68. The van der Waals surface area contributed by atoms with Crippen molar-refractivity contribution in [2.24, 2.45) is 5.73 Å². The van der Waals surface area contributed by atoms with Crippen LogP contribution in [0.4, 0.5) is 15.8 Å². The Hall–Kier alpha value is -2.23. The number of halogens is 1. The lowest BCUT2D eigenvalue weighted by Gasteiger charge is -2.40. The fraction of sp³-hybridized carbons (Fsp3) is 0.579. The SMILES string of the molecule is COC1CN(c2cc3c(cc2F)C(=O)C(OC)(C(=O)O)CN3C2CC2)CC1N. The summed E-state index contributed by atoms with van der Waals surface area (Å²) in [5.74, 6) is -2.69. The fourth-order valence-electron chi connectivity index (χ4n) is 4.19. The quantitative estimate of drug-likeness (QED) is 0.702. The van der Waals surface area contributed by atoms with Crippen molar-refractivity contribution < 1.29 is 28.6 Å². The van der Waals surface area contributed by atoms with Crippen LogP contribution in [0, 0.1) is 5.82 Å². The van der Waals surface area contributed by atoms with Crippen molar-refractivity contribution in [2.45, 2.75) is 36.6 Å². The van der Waals surface area contributed by atoms with Crippen molar-refractivity contribution in [3.63, 3.8) is 0 Å². The minimum absolute atomic E-state index is 0.0374. The average molecular weight is 393 g/mol. The second-order valence-corrected chi connectivity index (χ2v) is 7.69. The molecule has 9 heteroatoms. The Bertz CT molecular complexity index is 830. The van der Waals surface area contributed by atoms with Gasteiger partial charge in [0, 0.05) is 38.9 Å². The zero-order valence-electron chi connectivity index (χ0n) is 15.9. The predicted octanol–water partition coefficient (Wildman–Crippen LogP) is 0.623. The second-order valence-electron chi connectivity index (χ2n) is 7.69. The number of fused-ring (bicyclic) bond motifs is 1. The molecule has 8 nitrogen and oxygen atoms in total. The van der Waals surface area contributed by atoms with Crippen molar-refractivity contribution in [2.75, 3.05) is 43.7 Å². The summed E-state index contributed by atoms with van der Waals surface area (Å²) in [6.45, 7) is 0.783. The van der Waals surface area contributed by atoms with Crippen LogP contribution in [0.5, 0.6) is 0 Å². The first-order valence-corrected chi connectivity index (χ1v) is 9.29. The van der Waals surface area contributed by atoms with E-state index in [2.05, 4.69) is 0 Å². The van der Waals surface area contributed by atoms with Crippen LogP contribution >= 0.6 is 0 Å². The molecule has 2 fully saturated rings. The van der Waals surface area contributed by atoms with Gasteiger partial charge in [0.15, 0.2) is 0 Å². The summed E-state index contributed by atoms with van der Waals surface area (Å²) < 4.78 is 25.5. The molecule has 1 aromatic carbocycles. The van der Waals surface area contributed by atoms with Gasteiger partial charge in [0.05, 0.1) is 30.1 Å². The van der Waals surface area contributed by atoms with Crippen molar-refractivity contribution >= 4 is 23.1 Å². The van der Waals surface area contributed by atoms with E-state index in [4.69, 9.17) is 15.2 Å². The van der Waals surface area contributed by atoms with Crippen molar-refractivity contribution in [1.29, 1.82) is 0 Å². The van der Waals surface area contributed by atoms with E-state index in [-0.39, 0.29) is 30.3 Å². The summed E-state index contributed by atoms with van der Waals surface area (Å²) in [4.78, 5) is 28.5. The predicted molar refractivity (Wildman–Crippen MR) is 99.5 cm³/mol. The van der Waals surface area contributed by atoms with E-state index in [1.807, 2.05) is 4.90 Å². The molecule has 3 atom stereocenters. The third-order valence-corrected chi connectivity index (χ3v) is 6.01. The van der Waals surface area contributed by atoms with Crippen molar-refractivity contribution in [3.8, 4) is 0 Å². The van der Waals surface area contributed by atoms with Gasteiger partial charge in [-0.3, -0.25) is 4.79 Å². The van der Waals surface area contributed by atoms with E-state index in [0.29, 0.717) is 24.5 Å². The highest BCUT2D eigenvalue weighted by molar-refractivity contribution is 6.19. The number of hydrogen-bond acceptors (Lipinski definition) is 7. The van der Waals surface area contributed by atoms with Crippen molar-refractivity contribution in [1.82, 2.24) is 0 Å². The molecule has 3 unspecified atom stereocenters. The number of aliphatic carboxylic acids is 1. The highest BCUT2D eigenvalue weighted by Crippen LogP contribution is 2.43. The fourth-order valence-corrected chi connectivity index (χ4v) is 4.19. The lowest BCUT2D eigenvalue weighted by atomic mass is 9.86. The van der Waals surface area contributed by atoms with Gasteiger partial charge in [-0.1, -0.05) is 0 Å². The summed E-state index contributed by atoms with van der Waals surface area (Å²) in [5, 5.41) is 9.68. The molecular weight excluding hydrogens is 369 g/mol. The molecule has 0 radical (unpaired) electrons. The molecule has 1 saturated heterocycles. The van der Waals surface area contributed by atoms with Crippen LogP contribution in [0.2, 0.25) is 0 Å². The molecule has 1 aromatic rings. The number of ether oxygens (including phenoxy) is 2. The monoisotopic (exact) mass is 393 g/mol. The summed E-state index contributed by atoms with van der Waals surface area (Å²) in [5.41, 5.74) is 4.96. The Morgan fingerprint density at radius 3 is 2.54 bits per heavy atom. The molecule has 0 amide bonds. The Kier molecular flexibility index (Phi) is 4.56. The zero-order valence-corrected chi connectivity index (χ0v) is 15.9. The van der Waals surface area contributed by atoms with E-state index in [1.165, 1.54) is 7.11 Å². The maximum Gasteiger partial charge on any atom is 0.346 e. The molecule has 2 heterocycles. The number of methoxy groups -OCH3 is 2. The normalized spacial score (nSPS) is 29.9. The molecule has 1 aliphatic carbocycles. The van der Waals surface area contributed by atoms with Crippen LogP contribution in [-0.2, 0) is 14.3 Å². The number of Topliss-reactive ketones (excluding diaryl/α,β-unsaturated/α-hetero) is 1. The lowest BCUT2D eigenvalue weighted by Crippen LogP contribution is -2.60. The molecule has 2 aliphatic heterocycles. The number of carbonyl (C=O) groups is 2. The number of carboxylic acid groups (broad SMARTS) is 1. The van der Waals surface area contributed by atoms with E-state index >= 15 is 0 Å². The number of rotatable bonds is 5. The molecule has 28 heavy (non-hydrogen) atoms. The smallest absolute Gasteiger partial charge is 0.346 e. The molecule has 0 bridgehead atoms. The number of nitrogens with zero attached hydrogens (tertiary/aromatic N) is 2. The van der Waals surface area contributed by atoms with Gasteiger partial charge in [-0.05, 0) is 25.0 Å². The van der Waals surface area contributed by atoms with Crippen LogP contribution < -0.4 is 15.5 Å². The molecule has 152 valence electrons. The Morgan fingerprint density at radius 1 is 1.29 bits per heavy atom. The molecule has 1 saturated carbocycles. The minimum Gasteiger partial charge on any atom is -0.479 e. The number of carbonyl (C=O) groups excluding carboxylic acids is 1. The molecule has 3 N–H and O–H groups in total. The number of anilines is 2. The third kappa shape index (κ3) is 2.76. The third-order valence-electron chi connectivity index (χ3n) is 6.01. The van der Waals surface area contributed by atoms with Crippen LogP contribution in [0.15, 0.2) is 12.1 Å². The van der Waals surface area contributed by atoms with E-state index in [9.17, 15) is 19.1 Å². The lowest BCUT2D eigenvalue weighted by molar-refractivity contribution is -0.155. The molecule has 0 aromatic heterocycles. The van der Waals surface area contributed by atoms with Gasteiger partial charge >= 0.3 is 5.97 Å². The van der Waals surface area contributed by atoms with Gasteiger partial charge in [-0.2, -0.15) is 0 Å². The number of benzene rings is 1. The Balaban J connectivity index is 1.79. The first-order chi connectivity index (χ1) is 13.3. The molecule has 0 spiro atoms. The van der Waals surface area contributed by atoms with Gasteiger partial charge in [0.1, 0.15) is 5.82 Å². The molecule has 4 rings (SSSR count). The Morgan fingerprint density at radius 2 is 2.00 bits per heavy atom. The van der Waals surface area contributed by atoms with Gasteiger partial charge in [0.2, 0.25) is 11.4 Å². The first-order valence-electron chi connectivity index (χ1n) is 9.29. The first kappa shape index (κ1) is 19.1. The van der Waals surface area contributed by atoms with Crippen LogP contribution in [0.3, 0.4) is 0 Å². The number of carboxylic acids is 1. The van der Waals surface area contributed by atoms with Crippen LogP contribution in [0.25, 0.3) is 0 Å². The summed E-state index contributed by atoms with van der Waals surface area (Å²) in [6, 6.07) is 2.64. The van der Waals surface area contributed by atoms with Crippen LogP contribution in [0.1, 0.15) is 23.2 Å². The Labute approximate surface area is 162 Å². The maximum absolute atomic E-state index is 15.0. The summed E-state index contributed by atoms with van der Waals surface area (Å²) >= 11 is 0. The van der Waals surface area contributed by atoms with Crippen molar-refractivity contribution in [3.05, 3.63) is 23.5 Å². The standard InChI is InChI=1S/C19H24FN3O5/c1-27-16-8-22(7-13(16)21)15-6-14-11(5-12(15)20)17(24)19(28-2,18(25)26)9-23(14)10-3-4-10/h5-6,10,13,16H,3-4,7-9,21H2,1-2H3,(H,25,26). The van der Waals surface area contributed by atoms with Gasteiger partial charge in [-0.25, -0.2) is 9.18 Å². The van der Waals surface area contributed by atoms with E-state index in [0.717, 1.165) is 18.9 Å². The van der Waals surface area contributed by atoms with Crippen LogP contribution in [-0.4, -0.2) is 74.5 Å². The topological polar surface area (TPSA) is 105 Å². The number of ketones is 1. The largest absolute Gasteiger partial charge is 0.479 e. The number of hydrogen-bond donors (Lipinski definition) is 2. The zero-order chi connectivity index (χ0) is 20.2.